The Bertz CT molecular complexity index is 278. The number of sulfone groups is 1. The summed E-state index contributed by atoms with van der Waals surface area (Å²) in [5.41, 5.74) is 0. The van der Waals surface area contributed by atoms with Crippen LogP contribution in [-0.2, 0) is 14.6 Å². The minimum atomic E-state index is -2.89. The third-order valence-corrected chi connectivity index (χ3v) is 4.27. The van der Waals surface area contributed by atoms with Gasteiger partial charge in [0.05, 0.1) is 25.1 Å². The Balaban J connectivity index is 2.33. The molecule has 15 heavy (non-hydrogen) atoms. The van der Waals surface area contributed by atoms with Gasteiger partial charge in [0.15, 0.2) is 9.84 Å². The molecule has 0 aromatic rings. The Morgan fingerprint density at radius 1 is 1.53 bits per heavy atom. The molecule has 0 spiro atoms. The van der Waals surface area contributed by atoms with E-state index in [0.29, 0.717) is 19.7 Å². The fraction of sp³-hybridized carbons (Fsp3) is 1.00. The molecule has 1 atom stereocenters. The minimum absolute atomic E-state index is 0.00295. The molecule has 0 amide bonds. The maximum absolute atomic E-state index is 11.3. The molecular formula is C9H19NO4S. The molecule has 0 aliphatic carbocycles. The van der Waals surface area contributed by atoms with E-state index < -0.39 is 9.84 Å². The zero-order valence-electron chi connectivity index (χ0n) is 9.05. The minimum Gasteiger partial charge on any atom is -0.394 e. The molecular weight excluding hydrogens is 218 g/mol. The van der Waals surface area contributed by atoms with Gasteiger partial charge in [-0.3, -0.25) is 4.90 Å². The molecule has 0 saturated carbocycles. The van der Waals surface area contributed by atoms with Crippen molar-refractivity contribution in [3.8, 4) is 0 Å². The Morgan fingerprint density at radius 3 is 2.87 bits per heavy atom. The van der Waals surface area contributed by atoms with Crippen LogP contribution in [0, 0.1) is 0 Å². The van der Waals surface area contributed by atoms with Crippen LogP contribution in [0.3, 0.4) is 0 Å². The van der Waals surface area contributed by atoms with E-state index >= 15 is 0 Å². The smallest absolute Gasteiger partial charge is 0.151 e. The normalized spacial score (nSPS) is 24.3. The molecule has 5 nitrogen and oxygen atoms in total. The van der Waals surface area contributed by atoms with Crippen LogP contribution in [0.5, 0.6) is 0 Å². The van der Waals surface area contributed by atoms with Crippen LogP contribution in [0.15, 0.2) is 0 Å². The summed E-state index contributed by atoms with van der Waals surface area (Å²) in [5, 5.41) is 8.91. The molecule has 1 aliphatic heterocycles. The summed E-state index contributed by atoms with van der Waals surface area (Å²) < 4.78 is 27.8. The highest BCUT2D eigenvalue weighted by Crippen LogP contribution is 2.04. The third kappa shape index (κ3) is 4.46. The van der Waals surface area contributed by atoms with Crippen LogP contribution in [0.2, 0.25) is 0 Å². The molecule has 1 saturated heterocycles. The fourth-order valence-electron chi connectivity index (χ4n) is 1.51. The Morgan fingerprint density at radius 2 is 2.27 bits per heavy atom. The highest BCUT2D eigenvalue weighted by Gasteiger charge is 2.20. The summed E-state index contributed by atoms with van der Waals surface area (Å²) in [6.45, 7) is 4.13. The predicted octanol–water partition coefficient (Wildman–Crippen LogP) is -0.886. The second-order valence-electron chi connectivity index (χ2n) is 3.71. The maximum Gasteiger partial charge on any atom is 0.151 e. The van der Waals surface area contributed by atoms with Gasteiger partial charge < -0.3 is 9.84 Å². The maximum atomic E-state index is 11.3. The van der Waals surface area contributed by atoms with Gasteiger partial charge in [-0.2, -0.15) is 0 Å². The van der Waals surface area contributed by atoms with Crippen molar-refractivity contribution in [2.24, 2.45) is 0 Å². The van der Waals surface area contributed by atoms with Crippen molar-refractivity contribution < 1.29 is 18.3 Å². The number of aliphatic hydroxyl groups is 1. The van der Waals surface area contributed by atoms with Gasteiger partial charge in [-0.1, -0.05) is 6.92 Å². The van der Waals surface area contributed by atoms with Crippen molar-refractivity contribution in [3.05, 3.63) is 0 Å². The molecule has 6 heteroatoms. The van der Waals surface area contributed by atoms with E-state index in [0.717, 1.165) is 6.54 Å². The zero-order chi connectivity index (χ0) is 11.3. The number of hydrogen-bond donors (Lipinski definition) is 1. The van der Waals surface area contributed by atoms with Crippen molar-refractivity contribution >= 4 is 9.84 Å². The van der Waals surface area contributed by atoms with Crippen LogP contribution in [-0.4, -0.2) is 68.9 Å². The van der Waals surface area contributed by atoms with Gasteiger partial charge in [-0.25, -0.2) is 8.42 Å². The van der Waals surface area contributed by atoms with E-state index in [9.17, 15) is 8.42 Å². The lowest BCUT2D eigenvalue weighted by molar-refractivity contribution is -0.0510. The molecule has 0 aromatic carbocycles. The van der Waals surface area contributed by atoms with Crippen LogP contribution in [0.1, 0.15) is 6.92 Å². The second kappa shape index (κ2) is 5.79. The second-order valence-corrected chi connectivity index (χ2v) is 6.19. The number of ether oxygens (including phenoxy) is 1. The number of hydrogen-bond acceptors (Lipinski definition) is 5. The van der Waals surface area contributed by atoms with Crippen molar-refractivity contribution in [1.82, 2.24) is 4.90 Å². The standard InChI is InChI=1S/C9H19NO4S/c1-2-15(12,13)6-4-10-3-5-14-9(7-10)8-11/h9,11H,2-8H2,1H3. The zero-order valence-corrected chi connectivity index (χ0v) is 9.87. The van der Waals surface area contributed by atoms with Gasteiger partial charge in [0.25, 0.3) is 0 Å². The first-order chi connectivity index (χ1) is 7.07. The lowest BCUT2D eigenvalue weighted by Gasteiger charge is -2.31. The summed E-state index contributed by atoms with van der Waals surface area (Å²) in [4.78, 5) is 2.03. The van der Waals surface area contributed by atoms with Crippen LogP contribution in [0.25, 0.3) is 0 Å². The lowest BCUT2D eigenvalue weighted by Crippen LogP contribution is -2.45. The van der Waals surface area contributed by atoms with Gasteiger partial charge in [-0.15, -0.1) is 0 Å². The number of rotatable bonds is 5. The largest absolute Gasteiger partial charge is 0.394 e. The van der Waals surface area contributed by atoms with Crippen molar-refractivity contribution in [3.63, 3.8) is 0 Å². The van der Waals surface area contributed by atoms with Crippen LogP contribution >= 0.6 is 0 Å². The summed E-state index contributed by atoms with van der Waals surface area (Å²) >= 11 is 0. The first kappa shape index (κ1) is 12.9. The summed E-state index contributed by atoms with van der Waals surface area (Å²) in [6, 6.07) is 0. The van der Waals surface area contributed by atoms with E-state index in [1.807, 2.05) is 4.90 Å². The predicted molar refractivity (Wildman–Crippen MR) is 57.6 cm³/mol. The third-order valence-electron chi connectivity index (χ3n) is 2.58. The Hall–Kier alpha value is -0.170. The fourth-order valence-corrected chi connectivity index (χ4v) is 2.33. The highest BCUT2D eigenvalue weighted by molar-refractivity contribution is 7.91. The number of nitrogens with zero attached hydrogens (tertiary/aromatic N) is 1. The van der Waals surface area contributed by atoms with E-state index in [-0.39, 0.29) is 24.2 Å². The van der Waals surface area contributed by atoms with Gasteiger partial charge in [0, 0.05) is 25.4 Å². The van der Waals surface area contributed by atoms with Gasteiger partial charge >= 0.3 is 0 Å². The van der Waals surface area contributed by atoms with E-state index in [1.165, 1.54) is 0 Å². The van der Waals surface area contributed by atoms with Crippen molar-refractivity contribution in [1.29, 1.82) is 0 Å². The Labute approximate surface area is 90.9 Å². The average molecular weight is 237 g/mol. The van der Waals surface area contributed by atoms with Crippen molar-refractivity contribution in [2.45, 2.75) is 13.0 Å². The molecule has 1 unspecified atom stereocenters. The van der Waals surface area contributed by atoms with E-state index in [2.05, 4.69) is 0 Å². The molecule has 0 radical (unpaired) electrons. The molecule has 0 bridgehead atoms. The lowest BCUT2D eigenvalue weighted by atomic mass is 10.3. The topological polar surface area (TPSA) is 66.8 Å². The van der Waals surface area contributed by atoms with Crippen molar-refractivity contribution in [2.75, 3.05) is 44.4 Å². The molecule has 1 fully saturated rings. The van der Waals surface area contributed by atoms with Crippen LogP contribution in [0.4, 0.5) is 0 Å². The SMILES string of the molecule is CCS(=O)(=O)CCN1CCOC(CO)C1. The molecule has 1 N–H and O–H groups in total. The van der Waals surface area contributed by atoms with Crippen LogP contribution < -0.4 is 0 Å². The first-order valence-electron chi connectivity index (χ1n) is 5.22. The summed E-state index contributed by atoms with van der Waals surface area (Å²) in [5.74, 6) is 0.391. The summed E-state index contributed by atoms with van der Waals surface area (Å²) in [7, 11) is -2.89. The number of morpholine rings is 1. The molecule has 1 heterocycles. The molecule has 0 aromatic heterocycles. The van der Waals surface area contributed by atoms with E-state index in [4.69, 9.17) is 9.84 Å². The summed E-state index contributed by atoms with van der Waals surface area (Å²) in [6.07, 6.45) is -0.164. The van der Waals surface area contributed by atoms with E-state index in [1.54, 1.807) is 6.92 Å². The molecule has 90 valence electrons. The Kier molecular flexibility index (Phi) is 4.98. The number of aliphatic hydroxyl groups excluding tert-OH is 1. The highest BCUT2D eigenvalue weighted by atomic mass is 32.2. The van der Waals surface area contributed by atoms with Gasteiger partial charge in [0.1, 0.15) is 0 Å². The quantitative estimate of drug-likeness (QED) is 0.672. The molecule has 1 rings (SSSR count). The average Bonchev–Trinajstić information content (AvgIpc) is 2.27. The van der Waals surface area contributed by atoms with Gasteiger partial charge in [-0.05, 0) is 0 Å². The first-order valence-corrected chi connectivity index (χ1v) is 7.04. The monoisotopic (exact) mass is 237 g/mol. The molecule has 1 aliphatic rings. The van der Waals surface area contributed by atoms with Gasteiger partial charge in [0.2, 0.25) is 0 Å².